The monoisotopic (exact) mass is 445 g/mol. The predicted octanol–water partition coefficient (Wildman–Crippen LogP) is 5.79. The van der Waals surface area contributed by atoms with Crippen LogP contribution in [0.1, 0.15) is 39.7 Å². The first-order chi connectivity index (χ1) is 15.5. The van der Waals surface area contributed by atoms with E-state index in [2.05, 4.69) is 10.1 Å². The number of methoxy groups -OCH3 is 1. The summed E-state index contributed by atoms with van der Waals surface area (Å²) < 4.78 is 10.6. The van der Waals surface area contributed by atoms with E-state index >= 15 is 0 Å². The Labute approximate surface area is 190 Å². The van der Waals surface area contributed by atoms with Gasteiger partial charge in [0.1, 0.15) is 10.9 Å². The topological polar surface area (TPSA) is 67.9 Å². The first-order valence-electron chi connectivity index (χ1n) is 10.2. The number of carbonyl (C=O) groups is 1. The number of benzene rings is 2. The minimum atomic E-state index is -0.407. The average molecular weight is 446 g/mol. The zero-order valence-electron chi connectivity index (χ0n) is 17.6. The maximum atomic E-state index is 13.2. The van der Waals surface area contributed by atoms with Crippen molar-refractivity contribution < 1.29 is 13.9 Å². The molecule has 1 atom stereocenters. The van der Waals surface area contributed by atoms with Gasteiger partial charge >= 0.3 is 5.91 Å². The molecule has 0 saturated heterocycles. The number of aromatic nitrogens is 1. The molecule has 2 aromatic heterocycles. The van der Waals surface area contributed by atoms with E-state index in [1.165, 1.54) is 11.3 Å². The van der Waals surface area contributed by atoms with Gasteiger partial charge in [0, 0.05) is 23.4 Å². The van der Waals surface area contributed by atoms with Gasteiger partial charge in [-0.1, -0.05) is 41.4 Å². The number of hydrogen-bond donors (Lipinski definition) is 0. The fourth-order valence-corrected chi connectivity index (χ4v) is 4.15. The highest BCUT2D eigenvalue weighted by molar-refractivity contribution is 6.30. The maximum Gasteiger partial charge on any atom is 0.310 e. The van der Waals surface area contributed by atoms with Crippen LogP contribution >= 0.6 is 11.6 Å². The molecule has 6 nitrogen and oxygen atoms in total. The molecule has 1 unspecified atom stereocenters. The van der Waals surface area contributed by atoms with Gasteiger partial charge in [0.15, 0.2) is 5.76 Å². The summed E-state index contributed by atoms with van der Waals surface area (Å²) in [6.07, 6.45) is 1.99. The molecule has 3 heterocycles. The number of carbonyl (C=O) groups excluding carboxylic acids is 1. The number of furan rings is 1. The molecule has 0 radical (unpaired) electrons. The van der Waals surface area contributed by atoms with E-state index in [1.807, 2.05) is 55.5 Å². The second-order valence-electron chi connectivity index (χ2n) is 7.69. The van der Waals surface area contributed by atoms with Crippen molar-refractivity contribution in [2.45, 2.75) is 19.4 Å². The van der Waals surface area contributed by atoms with Crippen LogP contribution in [0.2, 0.25) is 5.15 Å². The van der Waals surface area contributed by atoms with Crippen molar-refractivity contribution in [1.29, 1.82) is 0 Å². The quantitative estimate of drug-likeness (QED) is 0.373. The van der Waals surface area contributed by atoms with E-state index < -0.39 is 6.04 Å². The summed E-state index contributed by atoms with van der Waals surface area (Å²) in [5.41, 5.74) is 4.38. The summed E-state index contributed by atoms with van der Waals surface area (Å²) in [7, 11) is 1.61. The van der Waals surface area contributed by atoms with Crippen LogP contribution in [-0.4, -0.2) is 28.7 Å². The third-order valence-electron chi connectivity index (χ3n) is 5.60. The zero-order chi connectivity index (χ0) is 22.2. The van der Waals surface area contributed by atoms with Crippen molar-refractivity contribution in [1.82, 2.24) is 9.99 Å². The van der Waals surface area contributed by atoms with Crippen LogP contribution in [0.15, 0.2) is 76.4 Å². The Morgan fingerprint density at radius 1 is 1.16 bits per heavy atom. The van der Waals surface area contributed by atoms with Gasteiger partial charge in [-0.2, -0.15) is 5.10 Å². The van der Waals surface area contributed by atoms with E-state index in [1.54, 1.807) is 19.2 Å². The molecule has 4 aromatic rings. The number of rotatable bonds is 4. The largest absolute Gasteiger partial charge is 0.497 e. The second-order valence-corrected chi connectivity index (χ2v) is 8.04. The Hall–Kier alpha value is -3.64. The lowest BCUT2D eigenvalue weighted by molar-refractivity contribution is 0.0678. The minimum absolute atomic E-state index is 0.221. The van der Waals surface area contributed by atoms with Gasteiger partial charge in [0.05, 0.1) is 30.6 Å². The molecule has 1 aliphatic rings. The van der Waals surface area contributed by atoms with Gasteiger partial charge < -0.3 is 9.15 Å². The van der Waals surface area contributed by atoms with Crippen molar-refractivity contribution in [3.63, 3.8) is 0 Å². The molecule has 0 saturated carbocycles. The molecular formula is C25H20ClN3O3. The summed E-state index contributed by atoms with van der Waals surface area (Å²) in [4.78, 5) is 17.8. The Balaban J connectivity index is 1.59. The molecule has 0 fully saturated rings. The molecule has 1 aliphatic heterocycles. The molecule has 0 N–H and O–H groups in total. The molecule has 1 amide bonds. The smallest absolute Gasteiger partial charge is 0.310 e. The van der Waals surface area contributed by atoms with Gasteiger partial charge in [0.2, 0.25) is 0 Å². The SMILES string of the molecule is COc1ccc2cc(C3CC(c4ccc(C)cc4)=NN3C(=O)c3ccco3)c(Cl)nc2c1. The third kappa shape index (κ3) is 3.63. The molecular weight excluding hydrogens is 426 g/mol. The van der Waals surface area contributed by atoms with Crippen LogP contribution in [0, 0.1) is 6.92 Å². The van der Waals surface area contributed by atoms with Crippen molar-refractivity contribution in [3.8, 4) is 5.75 Å². The fourth-order valence-electron chi connectivity index (χ4n) is 3.87. The van der Waals surface area contributed by atoms with E-state index in [4.69, 9.17) is 20.8 Å². The van der Waals surface area contributed by atoms with Crippen LogP contribution in [0.3, 0.4) is 0 Å². The number of hydrazone groups is 1. The van der Waals surface area contributed by atoms with Crippen molar-refractivity contribution in [2.75, 3.05) is 7.11 Å². The van der Waals surface area contributed by atoms with Gasteiger partial charge in [-0.3, -0.25) is 4.79 Å². The predicted molar refractivity (Wildman–Crippen MR) is 123 cm³/mol. The summed E-state index contributed by atoms with van der Waals surface area (Å²) in [5, 5.41) is 7.36. The maximum absolute atomic E-state index is 13.2. The summed E-state index contributed by atoms with van der Waals surface area (Å²) in [6.45, 7) is 2.03. The van der Waals surface area contributed by atoms with Gasteiger partial charge in [-0.05, 0) is 42.8 Å². The number of aryl methyl sites for hydroxylation is 1. The molecule has 0 bridgehead atoms. The van der Waals surface area contributed by atoms with Crippen molar-refractivity contribution >= 4 is 34.1 Å². The first-order valence-corrected chi connectivity index (χ1v) is 10.6. The molecule has 5 rings (SSSR count). The summed E-state index contributed by atoms with van der Waals surface area (Å²) in [6, 6.07) is 18.6. The molecule has 0 spiro atoms. The van der Waals surface area contributed by atoms with Crippen molar-refractivity contribution in [3.05, 3.63) is 94.5 Å². The summed E-state index contributed by atoms with van der Waals surface area (Å²) in [5.74, 6) is 0.598. The highest BCUT2D eigenvalue weighted by Gasteiger charge is 2.36. The number of ether oxygens (including phenoxy) is 1. The van der Waals surface area contributed by atoms with Crippen LogP contribution in [0.5, 0.6) is 5.75 Å². The normalized spacial score (nSPS) is 15.8. The number of fused-ring (bicyclic) bond motifs is 1. The van der Waals surface area contributed by atoms with Crippen molar-refractivity contribution in [2.24, 2.45) is 5.10 Å². The van der Waals surface area contributed by atoms with E-state index in [-0.39, 0.29) is 11.7 Å². The number of hydrogen-bond acceptors (Lipinski definition) is 5. The fraction of sp³-hybridized carbons (Fsp3) is 0.160. The average Bonchev–Trinajstić information content (AvgIpc) is 3.49. The molecule has 0 aliphatic carbocycles. The van der Waals surface area contributed by atoms with Crippen LogP contribution in [0.25, 0.3) is 10.9 Å². The van der Waals surface area contributed by atoms with Crippen LogP contribution in [0.4, 0.5) is 0 Å². The van der Waals surface area contributed by atoms with Gasteiger partial charge in [0.25, 0.3) is 0 Å². The number of halogens is 1. The summed E-state index contributed by atoms with van der Waals surface area (Å²) >= 11 is 6.62. The lowest BCUT2D eigenvalue weighted by Gasteiger charge is -2.22. The highest BCUT2D eigenvalue weighted by Crippen LogP contribution is 2.38. The lowest BCUT2D eigenvalue weighted by atomic mass is 9.98. The van der Waals surface area contributed by atoms with E-state index in [0.29, 0.717) is 17.3 Å². The Kier molecular flexibility index (Phi) is 5.15. The molecule has 160 valence electrons. The van der Waals surface area contributed by atoms with E-state index in [0.717, 1.165) is 33.3 Å². The molecule has 2 aromatic carbocycles. The van der Waals surface area contributed by atoms with Crippen LogP contribution < -0.4 is 4.74 Å². The third-order valence-corrected chi connectivity index (χ3v) is 5.90. The highest BCUT2D eigenvalue weighted by atomic mass is 35.5. The standard InChI is InChI=1S/C25H20ClN3O3/c1-15-5-7-16(8-6-15)21-14-22(29(28-21)25(30)23-4-3-11-32-23)19-12-17-9-10-18(31-2)13-20(17)27-24(19)26/h3-13,22H,14H2,1-2H3. The molecule has 32 heavy (non-hydrogen) atoms. The Morgan fingerprint density at radius 3 is 2.69 bits per heavy atom. The first kappa shape index (κ1) is 20.3. The zero-order valence-corrected chi connectivity index (χ0v) is 18.3. The Bertz CT molecular complexity index is 1330. The minimum Gasteiger partial charge on any atom is -0.497 e. The molecule has 7 heteroatoms. The van der Waals surface area contributed by atoms with Gasteiger partial charge in [-0.25, -0.2) is 9.99 Å². The van der Waals surface area contributed by atoms with Gasteiger partial charge in [-0.15, -0.1) is 0 Å². The second kappa shape index (κ2) is 8.13. The number of nitrogens with zero attached hydrogens (tertiary/aromatic N) is 3. The Morgan fingerprint density at radius 2 is 1.97 bits per heavy atom. The number of amides is 1. The van der Waals surface area contributed by atoms with E-state index in [9.17, 15) is 4.79 Å². The lowest BCUT2D eigenvalue weighted by Crippen LogP contribution is -2.27. The number of pyridine rings is 1. The van der Waals surface area contributed by atoms with Crippen LogP contribution in [-0.2, 0) is 0 Å².